The summed E-state index contributed by atoms with van der Waals surface area (Å²) >= 11 is 5.94. The van der Waals surface area contributed by atoms with E-state index >= 15 is 0 Å². The SMILES string of the molecule is CC[n+]1c(CNC(=O)c2nc(Cl)c(N)nc2N)n(C[C@H](C)O)c2ccc(CC(=O)NCCC[n+]3cccc(O)c3)cc21. The Bertz CT molecular complexity index is 1610. The summed E-state index contributed by atoms with van der Waals surface area (Å²) in [5, 5.41) is 25.5. The lowest BCUT2D eigenvalue weighted by Crippen LogP contribution is -2.41. The number of nitrogens with zero attached hydrogens (tertiary/aromatic N) is 5. The number of nitrogen functional groups attached to an aromatic ring is 2. The molecule has 1 atom stereocenters. The van der Waals surface area contributed by atoms with E-state index in [-0.39, 0.29) is 47.1 Å². The quantitative estimate of drug-likeness (QED) is 0.101. The van der Waals surface area contributed by atoms with Gasteiger partial charge in [-0.3, -0.25) is 9.59 Å². The number of benzene rings is 1. The van der Waals surface area contributed by atoms with Gasteiger partial charge in [-0.25, -0.2) is 23.7 Å². The second kappa shape index (κ2) is 13.4. The molecule has 0 aliphatic heterocycles. The van der Waals surface area contributed by atoms with Crippen molar-refractivity contribution in [1.29, 1.82) is 0 Å². The molecule has 0 fully saturated rings. The average Bonchev–Trinajstić information content (AvgIpc) is 3.22. The zero-order chi connectivity index (χ0) is 30.4. The summed E-state index contributed by atoms with van der Waals surface area (Å²) in [6.07, 6.45) is 3.76. The van der Waals surface area contributed by atoms with Crippen LogP contribution in [-0.2, 0) is 37.4 Å². The highest BCUT2D eigenvalue weighted by Gasteiger charge is 2.27. The molecule has 1 aromatic carbocycles. The first-order chi connectivity index (χ1) is 20.1. The lowest BCUT2D eigenvalue weighted by molar-refractivity contribution is -0.697. The van der Waals surface area contributed by atoms with Gasteiger partial charge >= 0.3 is 0 Å². The third kappa shape index (κ3) is 7.22. The predicted octanol–water partition coefficient (Wildman–Crippen LogP) is 0.609. The number of fused-ring (bicyclic) bond motifs is 1. The minimum Gasteiger partial charge on any atom is -0.503 e. The van der Waals surface area contributed by atoms with E-state index in [1.807, 2.05) is 45.0 Å². The second-order valence-electron chi connectivity index (χ2n) is 9.94. The van der Waals surface area contributed by atoms with E-state index in [0.717, 1.165) is 22.4 Å². The number of hydrogen-bond donors (Lipinski definition) is 6. The largest absolute Gasteiger partial charge is 0.503 e. The molecule has 3 aromatic heterocycles. The maximum Gasteiger partial charge on any atom is 0.277 e. The highest BCUT2D eigenvalue weighted by molar-refractivity contribution is 6.31. The Morgan fingerprint density at radius 2 is 1.95 bits per heavy atom. The van der Waals surface area contributed by atoms with Crippen molar-refractivity contribution in [3.05, 3.63) is 65.0 Å². The van der Waals surface area contributed by atoms with Crippen molar-refractivity contribution in [2.45, 2.75) is 59.0 Å². The van der Waals surface area contributed by atoms with Crippen molar-refractivity contribution in [2.24, 2.45) is 0 Å². The summed E-state index contributed by atoms with van der Waals surface area (Å²) in [6, 6.07) is 9.13. The molecule has 0 aliphatic carbocycles. The fourth-order valence-corrected chi connectivity index (χ4v) is 4.92. The first kappa shape index (κ1) is 30.5. The Morgan fingerprint density at radius 3 is 2.67 bits per heavy atom. The summed E-state index contributed by atoms with van der Waals surface area (Å²) in [7, 11) is 0. The standard InChI is InChI=1S/C28H34ClN9O4/c1-3-37-21-12-18(13-22(41)32-9-5-11-36-10-4-6-19(40)16-36)7-8-20(21)38(15-17(2)39)23(37)14-33-28(42)24-26(30)35-27(31)25(29)34-24/h4,6-8,10,12,16-17,39H,3,5,9,11,13-15H2,1-2H3,(H5-2,30,31,32,33,35,40,41,42)/p+2/t17-/m0/s1. The minimum atomic E-state index is -0.652. The van der Waals surface area contributed by atoms with Crippen LogP contribution >= 0.6 is 11.6 Å². The molecule has 13 nitrogen and oxygen atoms in total. The van der Waals surface area contributed by atoms with Crippen molar-refractivity contribution in [2.75, 3.05) is 18.0 Å². The lowest BCUT2D eigenvalue weighted by atomic mass is 10.1. The molecule has 0 saturated heterocycles. The van der Waals surface area contributed by atoms with Crippen LogP contribution in [0.5, 0.6) is 5.75 Å². The van der Waals surface area contributed by atoms with Crippen LogP contribution in [0.15, 0.2) is 42.7 Å². The van der Waals surface area contributed by atoms with Gasteiger partial charge in [0.1, 0.15) is 19.6 Å². The Balaban J connectivity index is 1.49. The molecule has 0 radical (unpaired) electrons. The van der Waals surface area contributed by atoms with E-state index in [1.54, 1.807) is 25.3 Å². The number of carbonyl (C=O) groups is 2. The molecule has 4 aromatic rings. The van der Waals surface area contributed by atoms with E-state index in [9.17, 15) is 19.8 Å². The number of nitrogens with one attached hydrogen (secondary N) is 2. The molecule has 14 heteroatoms. The fraction of sp³-hybridized carbons (Fsp3) is 0.357. The Labute approximate surface area is 247 Å². The van der Waals surface area contributed by atoms with Crippen LogP contribution in [-0.4, -0.2) is 49.2 Å². The number of hydrogen-bond acceptors (Lipinski definition) is 8. The third-order valence-corrected chi connectivity index (χ3v) is 6.94. The fourth-order valence-electron chi connectivity index (χ4n) is 4.80. The van der Waals surface area contributed by atoms with Gasteiger partial charge in [0.2, 0.25) is 12.1 Å². The molecule has 3 heterocycles. The van der Waals surface area contributed by atoms with E-state index in [2.05, 4.69) is 20.6 Å². The maximum atomic E-state index is 12.9. The number of nitrogens with two attached hydrogens (primary N) is 2. The maximum absolute atomic E-state index is 12.9. The third-order valence-electron chi connectivity index (χ3n) is 6.66. The number of aryl methyl sites for hydroxylation is 2. The molecule has 42 heavy (non-hydrogen) atoms. The van der Waals surface area contributed by atoms with Crippen LogP contribution in [0, 0.1) is 0 Å². The van der Waals surface area contributed by atoms with Crippen LogP contribution in [0.1, 0.15) is 42.1 Å². The first-order valence-corrected chi connectivity index (χ1v) is 14.0. The molecule has 0 aliphatic rings. The Hall–Kier alpha value is -4.49. The highest BCUT2D eigenvalue weighted by Crippen LogP contribution is 2.20. The van der Waals surface area contributed by atoms with Crippen LogP contribution < -0.4 is 31.2 Å². The van der Waals surface area contributed by atoms with Gasteiger partial charge in [-0.15, -0.1) is 0 Å². The number of aliphatic hydroxyl groups excluding tert-OH is 1. The molecular weight excluding hydrogens is 562 g/mol. The second-order valence-corrected chi connectivity index (χ2v) is 10.3. The number of halogens is 1. The summed E-state index contributed by atoms with van der Waals surface area (Å²) in [4.78, 5) is 33.4. The normalized spacial score (nSPS) is 11.9. The van der Waals surface area contributed by atoms with Crippen LogP contribution in [0.4, 0.5) is 11.6 Å². The number of rotatable bonds is 12. The van der Waals surface area contributed by atoms with E-state index in [1.165, 1.54) is 0 Å². The van der Waals surface area contributed by atoms with Gasteiger partial charge < -0.3 is 32.3 Å². The van der Waals surface area contributed by atoms with Gasteiger partial charge in [-0.1, -0.05) is 17.7 Å². The van der Waals surface area contributed by atoms with E-state index in [4.69, 9.17) is 23.1 Å². The zero-order valence-corrected chi connectivity index (χ0v) is 24.3. The molecule has 0 bridgehead atoms. The Kier molecular flexibility index (Phi) is 9.76. The number of aliphatic hydroxyl groups is 1. The monoisotopic (exact) mass is 597 g/mol. The van der Waals surface area contributed by atoms with Crippen molar-refractivity contribution in [3.63, 3.8) is 0 Å². The number of amides is 2. The number of anilines is 2. The molecular formula is C28H36ClN9O4+2. The number of pyridine rings is 1. The van der Waals surface area contributed by atoms with Gasteiger partial charge in [0, 0.05) is 19.0 Å². The number of aromatic nitrogens is 5. The summed E-state index contributed by atoms with van der Waals surface area (Å²) in [5.74, 6) is 0.0562. The van der Waals surface area contributed by atoms with Crippen molar-refractivity contribution in [3.8, 4) is 5.75 Å². The van der Waals surface area contributed by atoms with Crippen LogP contribution in [0.3, 0.4) is 0 Å². The highest BCUT2D eigenvalue weighted by atomic mass is 35.5. The summed E-state index contributed by atoms with van der Waals surface area (Å²) in [6.45, 7) is 5.80. The van der Waals surface area contributed by atoms with Gasteiger partial charge in [0.25, 0.3) is 11.7 Å². The lowest BCUT2D eigenvalue weighted by Gasteiger charge is -2.09. The van der Waals surface area contributed by atoms with Crippen molar-refractivity contribution >= 4 is 46.1 Å². The molecule has 2 amide bonds. The average molecular weight is 598 g/mol. The molecule has 4 rings (SSSR count). The first-order valence-electron chi connectivity index (χ1n) is 13.6. The number of carbonyl (C=O) groups excluding carboxylic acids is 2. The molecule has 0 saturated carbocycles. The van der Waals surface area contributed by atoms with E-state index < -0.39 is 12.0 Å². The van der Waals surface area contributed by atoms with Crippen molar-refractivity contribution in [1.82, 2.24) is 25.2 Å². The number of imidazole rings is 1. The topological polar surface area (TPSA) is 189 Å². The molecule has 222 valence electrons. The molecule has 0 unspecified atom stereocenters. The summed E-state index contributed by atoms with van der Waals surface area (Å²) < 4.78 is 5.83. The van der Waals surface area contributed by atoms with Gasteiger partial charge in [-0.05, 0) is 37.6 Å². The van der Waals surface area contributed by atoms with Crippen LogP contribution in [0.25, 0.3) is 11.0 Å². The van der Waals surface area contributed by atoms with Gasteiger partial charge in [-0.2, -0.15) is 0 Å². The summed E-state index contributed by atoms with van der Waals surface area (Å²) in [5.41, 5.74) is 13.9. The molecule has 8 N–H and O–H groups in total. The van der Waals surface area contributed by atoms with Crippen LogP contribution in [0.2, 0.25) is 5.15 Å². The zero-order valence-electron chi connectivity index (χ0n) is 23.5. The van der Waals surface area contributed by atoms with Crippen molar-refractivity contribution < 1.29 is 28.9 Å². The Morgan fingerprint density at radius 1 is 1.17 bits per heavy atom. The molecule has 0 spiro atoms. The van der Waals surface area contributed by atoms with Gasteiger partial charge in [0.05, 0.1) is 19.1 Å². The minimum absolute atomic E-state index is 0.0663. The van der Waals surface area contributed by atoms with E-state index in [0.29, 0.717) is 32.6 Å². The predicted molar refractivity (Wildman–Crippen MR) is 156 cm³/mol. The smallest absolute Gasteiger partial charge is 0.277 e. The van der Waals surface area contributed by atoms with Gasteiger partial charge in [0.15, 0.2) is 45.5 Å². The number of aromatic hydroxyl groups is 1.